The molecular formula is C20H20O6. The molecule has 0 aromatic heterocycles. The number of rotatable bonds is 8. The number of Topliss-reactive ketones (excluding diaryl/α,β-unsaturated/α-hetero) is 1. The Hall–Kier alpha value is -3.28. The van der Waals surface area contributed by atoms with Crippen LogP contribution in [0.25, 0.3) is 6.08 Å². The van der Waals surface area contributed by atoms with Gasteiger partial charge >= 0.3 is 5.97 Å². The number of carbonyl (C=O) groups excluding carboxylic acids is 2. The molecule has 0 amide bonds. The second kappa shape index (κ2) is 9.27. The summed E-state index contributed by atoms with van der Waals surface area (Å²) in [7, 11) is 4.59. The molecule has 0 N–H and O–H groups in total. The van der Waals surface area contributed by atoms with Crippen molar-refractivity contribution in [3.63, 3.8) is 0 Å². The van der Waals surface area contributed by atoms with Crippen LogP contribution in [0.3, 0.4) is 0 Å². The van der Waals surface area contributed by atoms with Gasteiger partial charge in [-0.2, -0.15) is 0 Å². The van der Waals surface area contributed by atoms with Crippen molar-refractivity contribution < 1.29 is 28.5 Å². The van der Waals surface area contributed by atoms with Crippen molar-refractivity contribution in [2.24, 2.45) is 0 Å². The Labute approximate surface area is 151 Å². The van der Waals surface area contributed by atoms with Gasteiger partial charge in [-0.3, -0.25) is 4.79 Å². The van der Waals surface area contributed by atoms with E-state index in [9.17, 15) is 9.59 Å². The van der Waals surface area contributed by atoms with E-state index in [1.807, 2.05) is 0 Å². The first-order valence-electron chi connectivity index (χ1n) is 7.82. The lowest BCUT2D eigenvalue weighted by Gasteiger charge is -2.09. The summed E-state index contributed by atoms with van der Waals surface area (Å²) in [5, 5.41) is 0. The summed E-state index contributed by atoms with van der Waals surface area (Å²) in [6, 6.07) is 11.9. The van der Waals surface area contributed by atoms with Gasteiger partial charge in [0.05, 0.1) is 21.3 Å². The molecular weight excluding hydrogens is 336 g/mol. The highest BCUT2D eigenvalue weighted by molar-refractivity contribution is 5.99. The molecule has 0 aliphatic carbocycles. The highest BCUT2D eigenvalue weighted by atomic mass is 16.5. The lowest BCUT2D eigenvalue weighted by molar-refractivity contribution is -0.136. The van der Waals surface area contributed by atoms with E-state index in [-0.39, 0.29) is 12.4 Å². The molecule has 2 aromatic carbocycles. The number of esters is 1. The summed E-state index contributed by atoms with van der Waals surface area (Å²) in [5.41, 5.74) is 1.10. The van der Waals surface area contributed by atoms with E-state index in [0.717, 1.165) is 0 Å². The molecule has 0 atom stereocenters. The highest BCUT2D eigenvalue weighted by Crippen LogP contribution is 2.31. The van der Waals surface area contributed by atoms with Gasteiger partial charge in [-0.05, 0) is 36.4 Å². The number of para-hydroxylation sites is 1. The second-order valence-corrected chi connectivity index (χ2v) is 5.18. The maximum Gasteiger partial charge on any atom is 0.331 e. The molecule has 0 bridgehead atoms. The van der Waals surface area contributed by atoms with Crippen LogP contribution in [-0.2, 0) is 9.53 Å². The van der Waals surface area contributed by atoms with Crippen molar-refractivity contribution in [1.82, 2.24) is 0 Å². The van der Waals surface area contributed by atoms with Crippen molar-refractivity contribution in [2.45, 2.75) is 0 Å². The maximum absolute atomic E-state index is 12.0. The number of carbonyl (C=O) groups is 2. The quantitative estimate of drug-likeness (QED) is 0.411. The smallest absolute Gasteiger partial charge is 0.331 e. The number of hydrogen-bond acceptors (Lipinski definition) is 6. The minimum atomic E-state index is -0.628. The van der Waals surface area contributed by atoms with Crippen LogP contribution in [0.1, 0.15) is 15.9 Å². The summed E-state index contributed by atoms with van der Waals surface area (Å²) < 4.78 is 20.5. The Morgan fingerprint density at radius 2 is 1.65 bits per heavy atom. The number of hydrogen-bond donors (Lipinski definition) is 0. The van der Waals surface area contributed by atoms with Crippen LogP contribution in [0.15, 0.2) is 48.5 Å². The summed E-state index contributed by atoms with van der Waals surface area (Å²) >= 11 is 0. The van der Waals surface area contributed by atoms with Crippen molar-refractivity contribution in [3.05, 3.63) is 59.7 Å². The third kappa shape index (κ3) is 4.86. The van der Waals surface area contributed by atoms with E-state index in [1.54, 1.807) is 55.7 Å². The lowest BCUT2D eigenvalue weighted by atomic mass is 10.1. The molecule has 0 saturated heterocycles. The highest BCUT2D eigenvalue weighted by Gasteiger charge is 2.10. The topological polar surface area (TPSA) is 71.1 Å². The van der Waals surface area contributed by atoms with E-state index in [2.05, 4.69) is 0 Å². The van der Waals surface area contributed by atoms with Crippen molar-refractivity contribution in [2.75, 3.05) is 27.9 Å². The third-order valence-corrected chi connectivity index (χ3v) is 3.59. The summed E-state index contributed by atoms with van der Waals surface area (Å²) in [4.78, 5) is 23.9. The van der Waals surface area contributed by atoms with Crippen LogP contribution in [0, 0.1) is 0 Å². The van der Waals surface area contributed by atoms with Gasteiger partial charge < -0.3 is 18.9 Å². The molecule has 2 aromatic rings. The molecule has 26 heavy (non-hydrogen) atoms. The molecule has 2 rings (SSSR count). The largest absolute Gasteiger partial charge is 0.497 e. The summed E-state index contributed by atoms with van der Waals surface area (Å²) in [5.74, 6) is 0.782. The Bertz CT molecular complexity index is 792. The number of ketones is 1. The van der Waals surface area contributed by atoms with Crippen LogP contribution >= 0.6 is 0 Å². The zero-order valence-electron chi connectivity index (χ0n) is 14.9. The Morgan fingerprint density at radius 1 is 0.923 bits per heavy atom. The van der Waals surface area contributed by atoms with Crippen molar-refractivity contribution in [3.8, 4) is 17.2 Å². The first kappa shape index (κ1) is 19.1. The van der Waals surface area contributed by atoms with E-state index >= 15 is 0 Å². The lowest BCUT2D eigenvalue weighted by Crippen LogP contribution is -2.12. The maximum atomic E-state index is 12.0. The van der Waals surface area contributed by atoms with Gasteiger partial charge in [0, 0.05) is 17.2 Å². The molecule has 0 unspecified atom stereocenters. The monoisotopic (exact) mass is 356 g/mol. The normalized spacial score (nSPS) is 10.4. The SMILES string of the molecule is COc1ccc(C(=O)COC(=O)C=Cc2cccc(OC)c2OC)cc1. The fourth-order valence-corrected chi connectivity index (χ4v) is 2.25. The fraction of sp³-hybridized carbons (Fsp3) is 0.200. The Kier molecular flexibility index (Phi) is 6.79. The number of benzene rings is 2. The van der Waals surface area contributed by atoms with Crippen LogP contribution < -0.4 is 14.2 Å². The van der Waals surface area contributed by atoms with Crippen LogP contribution in [-0.4, -0.2) is 39.7 Å². The zero-order chi connectivity index (χ0) is 18.9. The molecule has 0 radical (unpaired) electrons. The predicted molar refractivity (Wildman–Crippen MR) is 96.9 cm³/mol. The molecule has 0 spiro atoms. The Morgan fingerprint density at radius 3 is 2.27 bits per heavy atom. The van der Waals surface area contributed by atoms with Gasteiger partial charge in [-0.1, -0.05) is 12.1 Å². The van der Waals surface area contributed by atoms with Crippen LogP contribution in [0.4, 0.5) is 0 Å². The average molecular weight is 356 g/mol. The van der Waals surface area contributed by atoms with Crippen LogP contribution in [0.2, 0.25) is 0 Å². The molecule has 6 nitrogen and oxygen atoms in total. The summed E-state index contributed by atoms with van der Waals surface area (Å²) in [6.45, 7) is -0.343. The van der Waals surface area contributed by atoms with Gasteiger partial charge in [0.15, 0.2) is 23.9 Å². The zero-order valence-corrected chi connectivity index (χ0v) is 14.9. The van der Waals surface area contributed by atoms with E-state index in [0.29, 0.717) is 28.4 Å². The molecule has 6 heteroatoms. The van der Waals surface area contributed by atoms with Gasteiger partial charge in [-0.15, -0.1) is 0 Å². The molecule has 136 valence electrons. The van der Waals surface area contributed by atoms with E-state index < -0.39 is 5.97 Å². The molecule has 0 aliphatic rings. The molecule has 0 fully saturated rings. The van der Waals surface area contributed by atoms with Crippen molar-refractivity contribution in [1.29, 1.82) is 0 Å². The first-order chi connectivity index (χ1) is 12.6. The Balaban J connectivity index is 1.96. The minimum Gasteiger partial charge on any atom is -0.497 e. The van der Waals surface area contributed by atoms with Gasteiger partial charge in [0.2, 0.25) is 0 Å². The number of ether oxygens (including phenoxy) is 4. The van der Waals surface area contributed by atoms with E-state index in [1.165, 1.54) is 20.3 Å². The molecule has 0 aliphatic heterocycles. The average Bonchev–Trinajstić information content (AvgIpc) is 2.69. The van der Waals surface area contributed by atoms with Crippen LogP contribution in [0.5, 0.6) is 17.2 Å². The number of methoxy groups -OCH3 is 3. The predicted octanol–water partition coefficient (Wildman–Crippen LogP) is 3.15. The van der Waals surface area contributed by atoms with Gasteiger partial charge in [-0.25, -0.2) is 4.79 Å². The standard InChI is InChI=1S/C20H20O6/c1-23-16-10-7-14(8-11-16)17(21)13-26-19(22)12-9-15-5-4-6-18(24-2)20(15)25-3/h4-12H,13H2,1-3H3. The van der Waals surface area contributed by atoms with E-state index in [4.69, 9.17) is 18.9 Å². The summed E-state index contributed by atoms with van der Waals surface area (Å²) in [6.07, 6.45) is 2.78. The molecule has 0 heterocycles. The third-order valence-electron chi connectivity index (χ3n) is 3.59. The molecule has 0 saturated carbocycles. The van der Waals surface area contributed by atoms with Gasteiger partial charge in [0.1, 0.15) is 5.75 Å². The van der Waals surface area contributed by atoms with Crippen molar-refractivity contribution >= 4 is 17.8 Å². The first-order valence-corrected chi connectivity index (χ1v) is 7.82. The van der Waals surface area contributed by atoms with Gasteiger partial charge in [0.25, 0.3) is 0 Å². The fourth-order valence-electron chi connectivity index (χ4n) is 2.25. The minimum absolute atomic E-state index is 0.298. The second-order valence-electron chi connectivity index (χ2n) is 5.18.